The summed E-state index contributed by atoms with van der Waals surface area (Å²) < 4.78 is 4.60. The van der Waals surface area contributed by atoms with Crippen molar-refractivity contribution in [2.75, 3.05) is 12.4 Å². The van der Waals surface area contributed by atoms with Crippen LogP contribution in [-0.2, 0) is 11.2 Å². The summed E-state index contributed by atoms with van der Waals surface area (Å²) in [5, 5.41) is 6.00. The molecular weight excluding hydrogens is 328 g/mol. The number of alkyl carbamates (subject to hydrolysis) is 1. The van der Waals surface area contributed by atoms with Crippen molar-refractivity contribution >= 4 is 12.0 Å². The zero-order valence-electron chi connectivity index (χ0n) is 15.0. The minimum absolute atomic E-state index is 0.000652. The van der Waals surface area contributed by atoms with E-state index >= 15 is 0 Å². The lowest BCUT2D eigenvalue weighted by molar-refractivity contribution is 0.167. The number of amides is 1. The van der Waals surface area contributed by atoms with E-state index < -0.39 is 6.09 Å². The molecule has 1 aromatic carbocycles. The van der Waals surface area contributed by atoms with E-state index in [2.05, 4.69) is 37.2 Å². The summed E-state index contributed by atoms with van der Waals surface area (Å²) in [6, 6.07) is 8.50. The molecule has 26 heavy (non-hydrogen) atoms. The lowest BCUT2D eigenvalue weighted by Crippen LogP contribution is -2.33. The molecule has 1 aliphatic carbocycles. The van der Waals surface area contributed by atoms with Crippen LogP contribution in [-0.4, -0.2) is 35.3 Å². The van der Waals surface area contributed by atoms with Gasteiger partial charge in [0.2, 0.25) is 5.95 Å². The summed E-state index contributed by atoms with van der Waals surface area (Å²) >= 11 is 0. The third-order valence-electron chi connectivity index (χ3n) is 3.96. The third kappa shape index (κ3) is 5.49. The number of anilines is 1. The maximum Gasteiger partial charge on any atom is 0.407 e. The summed E-state index contributed by atoms with van der Waals surface area (Å²) in [5.74, 6) is 6.85. The number of carbonyl (C=O) groups excluding carboxylic acids is 1. The maximum absolute atomic E-state index is 11.2. The van der Waals surface area contributed by atoms with Crippen LogP contribution in [0.3, 0.4) is 0 Å². The van der Waals surface area contributed by atoms with Crippen molar-refractivity contribution in [2.24, 2.45) is 0 Å². The summed E-state index contributed by atoms with van der Waals surface area (Å²) in [7, 11) is 1.36. The zero-order valence-corrected chi connectivity index (χ0v) is 15.0. The van der Waals surface area contributed by atoms with Gasteiger partial charge in [-0.05, 0) is 43.9 Å². The summed E-state index contributed by atoms with van der Waals surface area (Å²) in [5.41, 5.74) is 2.83. The number of nitrogens with one attached hydrogen (secondary N) is 2. The van der Waals surface area contributed by atoms with Crippen LogP contribution in [0.1, 0.15) is 36.5 Å². The average Bonchev–Trinajstić information content (AvgIpc) is 3.46. The highest BCUT2D eigenvalue weighted by atomic mass is 16.5. The molecule has 1 aromatic heterocycles. The Morgan fingerprint density at radius 1 is 1.19 bits per heavy atom. The minimum Gasteiger partial charge on any atom is -0.453 e. The molecule has 0 radical (unpaired) electrons. The van der Waals surface area contributed by atoms with Gasteiger partial charge in [0.05, 0.1) is 12.7 Å². The number of carbonyl (C=O) groups is 1. The summed E-state index contributed by atoms with van der Waals surface area (Å²) in [6.07, 6.45) is 6.17. The smallest absolute Gasteiger partial charge is 0.407 e. The van der Waals surface area contributed by atoms with Crippen molar-refractivity contribution in [3.05, 3.63) is 53.3 Å². The Morgan fingerprint density at radius 2 is 1.85 bits per heavy atom. The second kappa shape index (κ2) is 8.34. The van der Waals surface area contributed by atoms with Gasteiger partial charge in [-0.1, -0.05) is 24.0 Å². The molecule has 1 aliphatic rings. The lowest BCUT2D eigenvalue weighted by atomic mass is 10.1. The van der Waals surface area contributed by atoms with Gasteiger partial charge in [-0.3, -0.25) is 0 Å². The number of benzene rings is 1. The van der Waals surface area contributed by atoms with E-state index in [1.807, 2.05) is 31.2 Å². The predicted molar refractivity (Wildman–Crippen MR) is 99.8 cm³/mol. The molecule has 2 N–H and O–H groups in total. The second-order valence-electron chi connectivity index (χ2n) is 6.40. The molecule has 6 heteroatoms. The Labute approximate surface area is 153 Å². The first-order valence-corrected chi connectivity index (χ1v) is 8.66. The van der Waals surface area contributed by atoms with E-state index in [0.717, 1.165) is 23.1 Å². The number of hydrogen-bond donors (Lipinski definition) is 2. The first kappa shape index (κ1) is 17.7. The monoisotopic (exact) mass is 350 g/mol. The van der Waals surface area contributed by atoms with Crippen molar-refractivity contribution in [3.8, 4) is 11.8 Å². The molecule has 1 unspecified atom stereocenters. The highest BCUT2D eigenvalue weighted by molar-refractivity contribution is 5.67. The molecule has 0 aliphatic heterocycles. The van der Waals surface area contributed by atoms with Gasteiger partial charge in [-0.2, -0.15) is 0 Å². The van der Waals surface area contributed by atoms with Gasteiger partial charge in [0, 0.05) is 30.0 Å². The van der Waals surface area contributed by atoms with Crippen molar-refractivity contribution < 1.29 is 9.53 Å². The van der Waals surface area contributed by atoms with E-state index in [-0.39, 0.29) is 6.04 Å². The molecule has 1 atom stereocenters. The highest BCUT2D eigenvalue weighted by Crippen LogP contribution is 2.22. The van der Waals surface area contributed by atoms with Crippen LogP contribution in [0.25, 0.3) is 0 Å². The van der Waals surface area contributed by atoms with Crippen molar-refractivity contribution in [2.45, 2.75) is 38.3 Å². The second-order valence-corrected chi connectivity index (χ2v) is 6.40. The SMILES string of the molecule is COC(=O)NC(C)Cc1ccc(C#Cc2cnc(NC3CC3)nc2)cc1. The Kier molecular flexibility index (Phi) is 5.69. The van der Waals surface area contributed by atoms with Gasteiger partial charge in [0.1, 0.15) is 0 Å². The molecule has 1 heterocycles. The molecule has 1 saturated carbocycles. The first-order chi connectivity index (χ1) is 12.6. The van der Waals surface area contributed by atoms with Crippen molar-refractivity contribution in [1.82, 2.24) is 15.3 Å². The third-order valence-corrected chi connectivity index (χ3v) is 3.96. The molecule has 0 saturated heterocycles. The van der Waals surface area contributed by atoms with Crippen LogP contribution in [0.2, 0.25) is 0 Å². The molecular formula is C20H22N4O2. The van der Waals surface area contributed by atoms with Gasteiger partial charge in [0.15, 0.2) is 0 Å². The first-order valence-electron chi connectivity index (χ1n) is 8.66. The standard InChI is InChI=1S/C20H22N4O2/c1-14(23-20(25)26-2)11-16-6-3-15(4-7-16)5-8-17-12-21-19(22-13-17)24-18-9-10-18/h3-4,6-7,12-14,18H,9-11H2,1-2H3,(H,23,25)(H,21,22,24). The number of nitrogens with zero attached hydrogens (tertiary/aromatic N) is 2. The van der Waals surface area contributed by atoms with E-state index in [4.69, 9.17) is 0 Å². The van der Waals surface area contributed by atoms with Gasteiger partial charge < -0.3 is 15.4 Å². The van der Waals surface area contributed by atoms with Crippen LogP contribution in [0.4, 0.5) is 10.7 Å². The average molecular weight is 350 g/mol. The Bertz CT molecular complexity index is 802. The quantitative estimate of drug-likeness (QED) is 0.811. The number of hydrogen-bond acceptors (Lipinski definition) is 5. The lowest BCUT2D eigenvalue weighted by Gasteiger charge is -2.12. The van der Waals surface area contributed by atoms with E-state index in [1.54, 1.807) is 12.4 Å². The molecule has 6 nitrogen and oxygen atoms in total. The summed E-state index contributed by atoms with van der Waals surface area (Å²) in [6.45, 7) is 1.94. The molecule has 0 bridgehead atoms. The zero-order chi connectivity index (χ0) is 18.4. The fraction of sp³-hybridized carbons (Fsp3) is 0.350. The number of methoxy groups -OCH3 is 1. The van der Waals surface area contributed by atoms with Crippen LogP contribution in [0.5, 0.6) is 0 Å². The molecule has 0 spiro atoms. The molecule has 3 rings (SSSR count). The Hall–Kier alpha value is -3.07. The minimum atomic E-state index is -0.416. The van der Waals surface area contributed by atoms with Crippen LogP contribution < -0.4 is 10.6 Å². The van der Waals surface area contributed by atoms with Gasteiger partial charge in [0.25, 0.3) is 0 Å². The number of aromatic nitrogens is 2. The summed E-state index contributed by atoms with van der Waals surface area (Å²) in [4.78, 5) is 19.8. The van der Waals surface area contributed by atoms with Gasteiger partial charge in [-0.25, -0.2) is 14.8 Å². The Morgan fingerprint density at radius 3 is 2.46 bits per heavy atom. The highest BCUT2D eigenvalue weighted by Gasteiger charge is 2.21. The molecule has 1 fully saturated rings. The topological polar surface area (TPSA) is 76.1 Å². The molecule has 134 valence electrons. The number of ether oxygens (including phenoxy) is 1. The molecule has 1 amide bonds. The fourth-order valence-electron chi connectivity index (χ4n) is 2.41. The van der Waals surface area contributed by atoms with E-state index in [0.29, 0.717) is 12.0 Å². The predicted octanol–water partition coefficient (Wildman–Crippen LogP) is 2.74. The largest absolute Gasteiger partial charge is 0.453 e. The maximum atomic E-state index is 11.2. The van der Waals surface area contributed by atoms with Gasteiger partial charge in [-0.15, -0.1) is 0 Å². The Balaban J connectivity index is 1.55. The van der Waals surface area contributed by atoms with E-state index in [9.17, 15) is 4.79 Å². The van der Waals surface area contributed by atoms with Crippen LogP contribution in [0, 0.1) is 11.8 Å². The fourth-order valence-corrected chi connectivity index (χ4v) is 2.41. The van der Waals surface area contributed by atoms with Crippen molar-refractivity contribution in [1.29, 1.82) is 0 Å². The number of rotatable bonds is 5. The van der Waals surface area contributed by atoms with Crippen LogP contribution >= 0.6 is 0 Å². The normalized spacial score (nSPS) is 13.9. The van der Waals surface area contributed by atoms with Crippen LogP contribution in [0.15, 0.2) is 36.7 Å². The van der Waals surface area contributed by atoms with E-state index in [1.165, 1.54) is 20.0 Å². The van der Waals surface area contributed by atoms with Crippen molar-refractivity contribution in [3.63, 3.8) is 0 Å². The van der Waals surface area contributed by atoms with Gasteiger partial charge >= 0.3 is 6.09 Å². The molecule has 2 aromatic rings.